The third-order valence-corrected chi connectivity index (χ3v) is 6.73. The number of aryl methyl sites for hydroxylation is 1. The standard InChI is InChI=1S/C22H17ClN6O4S/c23-15-8-7-12(29(32)33)10-14(15)21(31)25-19-11-17(18-6-3-9-34-18)27-28(19)22-24-16-5-2-1-4-13(16)20(30)26-22/h3,6-11H,1-2,4-5H2,(H,25,31)(H,24,26,30). The van der Waals surface area contributed by atoms with Crippen LogP contribution >= 0.6 is 22.9 Å². The lowest BCUT2D eigenvalue weighted by molar-refractivity contribution is -0.384. The average Bonchev–Trinajstić information content (AvgIpc) is 3.49. The van der Waals surface area contributed by atoms with Crippen molar-refractivity contribution in [3.8, 4) is 16.5 Å². The minimum absolute atomic E-state index is 0.0619. The minimum Gasteiger partial charge on any atom is -0.306 e. The molecule has 12 heteroatoms. The van der Waals surface area contributed by atoms with Crippen molar-refractivity contribution in [2.45, 2.75) is 25.7 Å². The summed E-state index contributed by atoms with van der Waals surface area (Å²) in [6.07, 6.45) is 3.24. The van der Waals surface area contributed by atoms with E-state index in [0.717, 1.165) is 29.5 Å². The minimum atomic E-state index is -0.659. The first-order valence-electron chi connectivity index (χ1n) is 10.4. The number of nitro groups is 1. The van der Waals surface area contributed by atoms with Crippen LogP contribution in [0.4, 0.5) is 11.5 Å². The van der Waals surface area contributed by atoms with Gasteiger partial charge in [0.15, 0.2) is 0 Å². The number of fused-ring (bicyclic) bond motifs is 1. The molecule has 0 radical (unpaired) electrons. The summed E-state index contributed by atoms with van der Waals surface area (Å²) in [4.78, 5) is 44.5. The molecule has 0 saturated carbocycles. The van der Waals surface area contributed by atoms with E-state index in [2.05, 4.69) is 20.4 Å². The molecule has 1 aliphatic carbocycles. The number of hydrogen-bond acceptors (Lipinski definition) is 7. The molecule has 1 aliphatic rings. The lowest BCUT2D eigenvalue weighted by atomic mass is 9.97. The third kappa shape index (κ3) is 4.11. The molecule has 2 N–H and O–H groups in total. The van der Waals surface area contributed by atoms with E-state index < -0.39 is 10.8 Å². The second kappa shape index (κ2) is 8.84. The molecule has 1 aromatic carbocycles. The number of nitrogens with zero attached hydrogens (tertiary/aromatic N) is 4. The number of aromatic nitrogens is 4. The number of benzene rings is 1. The van der Waals surface area contributed by atoms with Crippen LogP contribution in [0.3, 0.4) is 0 Å². The highest BCUT2D eigenvalue weighted by molar-refractivity contribution is 7.13. The van der Waals surface area contributed by atoms with Crippen LogP contribution in [0.1, 0.15) is 34.5 Å². The van der Waals surface area contributed by atoms with Gasteiger partial charge in [-0.15, -0.1) is 11.3 Å². The van der Waals surface area contributed by atoms with Gasteiger partial charge in [0.2, 0.25) is 5.95 Å². The zero-order valence-corrected chi connectivity index (χ0v) is 19.2. The maximum atomic E-state index is 13.0. The number of anilines is 1. The van der Waals surface area contributed by atoms with E-state index in [0.29, 0.717) is 24.1 Å². The van der Waals surface area contributed by atoms with Gasteiger partial charge in [0.05, 0.1) is 26.1 Å². The predicted molar refractivity (Wildman–Crippen MR) is 128 cm³/mol. The Kier molecular flexibility index (Phi) is 5.72. The average molecular weight is 497 g/mol. The smallest absolute Gasteiger partial charge is 0.270 e. The molecule has 1 amide bonds. The summed E-state index contributed by atoms with van der Waals surface area (Å²) in [6.45, 7) is 0. The highest BCUT2D eigenvalue weighted by Gasteiger charge is 2.22. The number of amides is 1. The van der Waals surface area contributed by atoms with E-state index in [4.69, 9.17) is 11.6 Å². The van der Waals surface area contributed by atoms with E-state index in [9.17, 15) is 19.7 Å². The summed E-state index contributed by atoms with van der Waals surface area (Å²) in [6, 6.07) is 9.03. The van der Waals surface area contributed by atoms with Crippen LogP contribution in [-0.4, -0.2) is 30.6 Å². The maximum Gasteiger partial charge on any atom is 0.270 e. The van der Waals surface area contributed by atoms with Crippen LogP contribution in [0.15, 0.2) is 46.6 Å². The van der Waals surface area contributed by atoms with Crippen molar-refractivity contribution in [1.29, 1.82) is 0 Å². The van der Waals surface area contributed by atoms with Gasteiger partial charge in [0.25, 0.3) is 17.2 Å². The van der Waals surface area contributed by atoms with Gasteiger partial charge in [-0.25, -0.2) is 4.98 Å². The van der Waals surface area contributed by atoms with Crippen molar-refractivity contribution in [3.05, 3.63) is 84.1 Å². The molecule has 3 aromatic heterocycles. The van der Waals surface area contributed by atoms with Crippen LogP contribution in [0, 0.1) is 10.1 Å². The van der Waals surface area contributed by atoms with E-state index >= 15 is 0 Å². The van der Waals surface area contributed by atoms with Crippen molar-refractivity contribution in [2.24, 2.45) is 0 Å². The van der Waals surface area contributed by atoms with Gasteiger partial charge in [-0.2, -0.15) is 9.78 Å². The van der Waals surface area contributed by atoms with Gasteiger partial charge in [0, 0.05) is 23.8 Å². The van der Waals surface area contributed by atoms with Gasteiger partial charge in [0.1, 0.15) is 11.5 Å². The molecule has 4 aromatic rings. The topological polar surface area (TPSA) is 136 Å². The first-order valence-corrected chi connectivity index (χ1v) is 11.7. The molecule has 10 nitrogen and oxygen atoms in total. The molecule has 0 spiro atoms. The van der Waals surface area contributed by atoms with Crippen LogP contribution < -0.4 is 10.9 Å². The first-order chi connectivity index (χ1) is 16.4. The quantitative estimate of drug-likeness (QED) is 0.311. The zero-order chi connectivity index (χ0) is 23.8. The number of nitro benzene ring substituents is 1. The molecule has 0 fully saturated rings. The molecule has 3 heterocycles. The monoisotopic (exact) mass is 496 g/mol. The Morgan fingerprint density at radius 3 is 2.82 bits per heavy atom. The molecule has 0 unspecified atom stereocenters. The van der Waals surface area contributed by atoms with E-state index in [1.54, 1.807) is 6.07 Å². The van der Waals surface area contributed by atoms with Gasteiger partial charge < -0.3 is 5.32 Å². The summed E-state index contributed by atoms with van der Waals surface area (Å²) in [5, 5.41) is 20.4. The fraction of sp³-hybridized carbons (Fsp3) is 0.182. The number of nitrogens with one attached hydrogen (secondary N) is 2. The second-order valence-corrected chi connectivity index (χ2v) is 9.06. The number of carbonyl (C=O) groups excluding carboxylic acids is 1. The number of aromatic amines is 1. The van der Waals surface area contributed by atoms with Crippen molar-refractivity contribution < 1.29 is 9.72 Å². The number of non-ortho nitro benzene ring substituents is 1. The molecule has 0 atom stereocenters. The molecule has 5 rings (SSSR count). The van der Waals surface area contributed by atoms with Crippen LogP contribution in [0.5, 0.6) is 0 Å². The zero-order valence-electron chi connectivity index (χ0n) is 17.6. The number of carbonyl (C=O) groups is 1. The summed E-state index contributed by atoms with van der Waals surface area (Å²) in [5.74, 6) is -0.253. The lowest BCUT2D eigenvalue weighted by Crippen LogP contribution is -2.24. The molecule has 0 saturated heterocycles. The Morgan fingerprint density at radius 2 is 2.06 bits per heavy atom. The molecule has 172 valence electrons. The number of halogens is 1. The molecular formula is C22H17ClN6O4S. The Balaban J connectivity index is 1.58. The summed E-state index contributed by atoms with van der Waals surface area (Å²) in [7, 11) is 0. The Morgan fingerprint density at radius 1 is 1.24 bits per heavy atom. The van der Waals surface area contributed by atoms with Gasteiger partial charge in [-0.1, -0.05) is 17.7 Å². The Hall–Kier alpha value is -3.83. The number of H-pyrrole nitrogens is 1. The van der Waals surface area contributed by atoms with Crippen LogP contribution in [-0.2, 0) is 12.8 Å². The first kappa shape index (κ1) is 22.0. The van der Waals surface area contributed by atoms with Crippen LogP contribution in [0.2, 0.25) is 5.02 Å². The number of hydrogen-bond donors (Lipinski definition) is 2. The molecule has 0 aliphatic heterocycles. The summed E-state index contributed by atoms with van der Waals surface area (Å²) in [5.41, 5.74) is 1.41. The van der Waals surface area contributed by atoms with Crippen molar-refractivity contribution in [3.63, 3.8) is 0 Å². The summed E-state index contributed by atoms with van der Waals surface area (Å²) < 4.78 is 1.36. The van der Waals surface area contributed by atoms with Crippen molar-refractivity contribution in [1.82, 2.24) is 19.7 Å². The SMILES string of the molecule is O=C(Nc1cc(-c2cccs2)nn1-c1nc2c(c(=O)[nH]1)CCCC2)c1cc([N+](=O)[O-])ccc1Cl. The number of rotatable bonds is 5. The van der Waals surface area contributed by atoms with Crippen molar-refractivity contribution in [2.75, 3.05) is 5.32 Å². The molecule has 34 heavy (non-hydrogen) atoms. The molecule has 0 bridgehead atoms. The van der Waals surface area contributed by atoms with Gasteiger partial charge >= 0.3 is 0 Å². The fourth-order valence-corrected chi connectivity index (χ4v) is 4.74. The van der Waals surface area contributed by atoms with E-state index in [1.807, 2.05) is 17.5 Å². The Bertz CT molecular complexity index is 1480. The van der Waals surface area contributed by atoms with Crippen LogP contribution in [0.25, 0.3) is 16.5 Å². The Labute approximate surface area is 201 Å². The summed E-state index contributed by atoms with van der Waals surface area (Å²) >= 11 is 7.61. The number of thiophene rings is 1. The van der Waals surface area contributed by atoms with E-state index in [-0.39, 0.29) is 33.6 Å². The third-order valence-electron chi connectivity index (χ3n) is 5.51. The predicted octanol–water partition coefficient (Wildman–Crippen LogP) is 4.38. The van der Waals surface area contributed by atoms with E-state index in [1.165, 1.54) is 28.2 Å². The highest BCUT2D eigenvalue weighted by Crippen LogP contribution is 2.29. The molecular weight excluding hydrogens is 480 g/mol. The van der Waals surface area contributed by atoms with Crippen molar-refractivity contribution >= 4 is 40.4 Å². The largest absolute Gasteiger partial charge is 0.306 e. The maximum absolute atomic E-state index is 13.0. The second-order valence-electron chi connectivity index (χ2n) is 7.70. The normalized spacial score (nSPS) is 12.9. The lowest BCUT2D eigenvalue weighted by Gasteiger charge is -2.15. The van der Waals surface area contributed by atoms with Gasteiger partial charge in [-0.05, 0) is 43.2 Å². The fourth-order valence-electron chi connectivity index (χ4n) is 3.85. The highest BCUT2D eigenvalue weighted by atomic mass is 35.5. The van der Waals surface area contributed by atoms with Gasteiger partial charge in [-0.3, -0.25) is 24.7 Å².